The Morgan fingerprint density at radius 3 is 1.91 bits per heavy atom. The number of fused-ring (bicyclic) bond motifs is 1. The van der Waals surface area contributed by atoms with Crippen LogP contribution in [0.3, 0.4) is 0 Å². The number of carboxylic acid groups (broad SMARTS) is 2. The number of carbonyl (C=O) groups is 2. The van der Waals surface area contributed by atoms with E-state index in [-0.39, 0.29) is 11.1 Å². The highest BCUT2D eigenvalue weighted by molar-refractivity contribution is 7.95. The van der Waals surface area contributed by atoms with Gasteiger partial charge in [0.1, 0.15) is 12.5 Å². The minimum absolute atomic E-state index is 0.0111. The molecule has 0 aliphatic carbocycles. The molecule has 0 unspecified atom stereocenters. The van der Waals surface area contributed by atoms with Gasteiger partial charge in [0, 0.05) is 16.3 Å². The molecule has 0 aliphatic rings. The molecule has 0 heterocycles. The van der Waals surface area contributed by atoms with E-state index in [1.165, 1.54) is 27.8 Å². The summed E-state index contributed by atoms with van der Waals surface area (Å²) in [6.07, 6.45) is 4.53. The van der Waals surface area contributed by atoms with Crippen molar-refractivity contribution in [2.45, 2.75) is 17.3 Å². The third-order valence-electron chi connectivity index (χ3n) is 4.19. The molecule has 0 aliphatic heterocycles. The molecule has 0 saturated carbocycles. The van der Waals surface area contributed by atoms with E-state index in [0.29, 0.717) is 16.5 Å². The standard InChI is InChI=1S/C12H13S.C9H8O4.CHF3O3S/c1-13(2)12-9-5-7-10-6-3-4-8-11(10)12;1-5-2-3-6(8(10)11)4-7(5)9(12)13;2-1(3,4)8(5,6)7/h3-9H,1-2H3;2-4H,1H3,(H,10,11)(H,12,13);(H,5,6,7)/q+1;;/p-1. The molecule has 0 saturated heterocycles. The van der Waals surface area contributed by atoms with E-state index in [4.69, 9.17) is 23.2 Å². The Hall–Kier alpha value is -3.09. The number of hydrogen-bond donors (Lipinski definition) is 2. The normalized spacial score (nSPS) is 11.2. The molecule has 0 fully saturated rings. The van der Waals surface area contributed by atoms with E-state index in [2.05, 4.69) is 55.0 Å². The van der Waals surface area contributed by atoms with Crippen molar-refractivity contribution in [1.82, 2.24) is 0 Å². The van der Waals surface area contributed by atoms with Crippen LogP contribution in [0.1, 0.15) is 26.3 Å². The Morgan fingerprint density at radius 2 is 1.44 bits per heavy atom. The minimum Gasteiger partial charge on any atom is -0.741 e. The molecule has 3 aromatic rings. The van der Waals surface area contributed by atoms with Crippen molar-refractivity contribution in [3.8, 4) is 0 Å². The Balaban J connectivity index is 0.000000264. The summed E-state index contributed by atoms with van der Waals surface area (Å²) in [7, 11) is -5.74. The summed E-state index contributed by atoms with van der Waals surface area (Å²) in [5.74, 6) is -2.23. The summed E-state index contributed by atoms with van der Waals surface area (Å²) in [4.78, 5) is 22.6. The summed E-state index contributed by atoms with van der Waals surface area (Å²) >= 11 is 0. The zero-order valence-corrected chi connectivity index (χ0v) is 19.8. The maximum absolute atomic E-state index is 10.7. The number of halogens is 3. The topological polar surface area (TPSA) is 132 Å². The van der Waals surface area contributed by atoms with E-state index in [1.807, 2.05) is 0 Å². The molecule has 3 aromatic carbocycles. The zero-order valence-electron chi connectivity index (χ0n) is 18.2. The van der Waals surface area contributed by atoms with Gasteiger partial charge in [-0.15, -0.1) is 0 Å². The van der Waals surface area contributed by atoms with Crippen molar-refractivity contribution in [3.63, 3.8) is 0 Å². The number of benzene rings is 3. The van der Waals surface area contributed by atoms with E-state index in [1.54, 1.807) is 6.92 Å². The van der Waals surface area contributed by atoms with Crippen molar-refractivity contribution in [1.29, 1.82) is 0 Å². The molecule has 0 spiro atoms. The predicted molar refractivity (Wildman–Crippen MR) is 122 cm³/mol. The number of aromatic carboxylic acids is 2. The molecule has 0 amide bonds. The van der Waals surface area contributed by atoms with Gasteiger partial charge in [-0.3, -0.25) is 0 Å². The summed E-state index contributed by atoms with van der Waals surface area (Å²) in [5, 5.41) is 20.0. The summed E-state index contributed by atoms with van der Waals surface area (Å²) in [5.41, 5.74) is -5.08. The first-order valence-electron chi connectivity index (χ1n) is 9.21. The predicted octanol–water partition coefficient (Wildman–Crippen LogP) is 4.52. The Labute approximate surface area is 196 Å². The Morgan fingerprint density at radius 1 is 0.912 bits per heavy atom. The van der Waals surface area contributed by atoms with Crippen LogP contribution in [0.25, 0.3) is 10.8 Å². The highest BCUT2D eigenvalue weighted by Crippen LogP contribution is 2.22. The van der Waals surface area contributed by atoms with Gasteiger partial charge in [-0.05, 0) is 42.1 Å². The second kappa shape index (κ2) is 11.9. The largest absolute Gasteiger partial charge is 0.741 e. The van der Waals surface area contributed by atoms with Gasteiger partial charge in [-0.25, -0.2) is 18.0 Å². The summed E-state index contributed by atoms with van der Waals surface area (Å²) < 4.78 is 58.9. The van der Waals surface area contributed by atoms with Crippen LogP contribution in [-0.2, 0) is 21.0 Å². The van der Waals surface area contributed by atoms with Crippen molar-refractivity contribution in [3.05, 3.63) is 77.4 Å². The van der Waals surface area contributed by atoms with Crippen LogP contribution in [0.5, 0.6) is 0 Å². The molecule has 184 valence electrons. The maximum atomic E-state index is 10.7. The first-order valence-corrected chi connectivity index (χ1v) is 12.7. The first kappa shape index (κ1) is 28.9. The third-order valence-corrected chi connectivity index (χ3v) is 5.99. The monoisotopic (exact) mass is 518 g/mol. The SMILES string of the molecule is C[S+](C)c1cccc2ccccc12.Cc1ccc(C(=O)O)cc1C(=O)O.O=S(=O)([O-])C(F)(F)F. The lowest BCUT2D eigenvalue weighted by atomic mass is 10.1. The van der Waals surface area contributed by atoms with Crippen LogP contribution in [0, 0.1) is 6.92 Å². The molecular weight excluding hydrogens is 497 g/mol. The Bertz CT molecular complexity index is 1270. The van der Waals surface area contributed by atoms with Gasteiger partial charge in [0.15, 0.2) is 15.0 Å². The number of aryl methyl sites for hydroxylation is 1. The molecular formula is C22H21F3O7S2. The van der Waals surface area contributed by atoms with Crippen molar-refractivity contribution >= 4 is 43.7 Å². The van der Waals surface area contributed by atoms with Gasteiger partial charge < -0.3 is 14.8 Å². The molecule has 0 atom stereocenters. The lowest BCUT2D eigenvalue weighted by Gasteiger charge is -2.08. The molecule has 0 bridgehead atoms. The van der Waals surface area contributed by atoms with E-state index < -0.39 is 27.6 Å². The number of hydrogen-bond acceptors (Lipinski definition) is 5. The van der Waals surface area contributed by atoms with Crippen LogP contribution in [0.4, 0.5) is 13.2 Å². The average Bonchev–Trinajstić information content (AvgIpc) is 2.72. The van der Waals surface area contributed by atoms with Gasteiger partial charge in [-0.1, -0.05) is 36.4 Å². The molecule has 7 nitrogen and oxygen atoms in total. The molecule has 12 heteroatoms. The molecule has 0 aromatic heterocycles. The maximum Gasteiger partial charge on any atom is 0.485 e. The summed E-state index contributed by atoms with van der Waals surface area (Å²) in [6.45, 7) is 1.62. The van der Waals surface area contributed by atoms with Crippen LogP contribution >= 0.6 is 0 Å². The van der Waals surface area contributed by atoms with Crippen molar-refractivity contribution < 1.29 is 45.9 Å². The number of rotatable bonds is 3. The lowest BCUT2D eigenvalue weighted by molar-refractivity contribution is -0.0518. The highest BCUT2D eigenvalue weighted by Gasteiger charge is 2.36. The van der Waals surface area contributed by atoms with E-state index in [0.717, 1.165) is 6.07 Å². The lowest BCUT2D eigenvalue weighted by Crippen LogP contribution is -2.21. The Kier molecular flexibility index (Phi) is 10.1. The van der Waals surface area contributed by atoms with Crippen molar-refractivity contribution in [2.24, 2.45) is 0 Å². The third kappa shape index (κ3) is 8.36. The van der Waals surface area contributed by atoms with Gasteiger partial charge in [0.05, 0.1) is 11.1 Å². The minimum atomic E-state index is -6.09. The van der Waals surface area contributed by atoms with Gasteiger partial charge in [0.25, 0.3) is 0 Å². The number of alkyl halides is 3. The molecule has 2 N–H and O–H groups in total. The molecule has 3 rings (SSSR count). The number of carboxylic acids is 2. The second-order valence-corrected chi connectivity index (χ2v) is 10.3. The van der Waals surface area contributed by atoms with E-state index >= 15 is 0 Å². The van der Waals surface area contributed by atoms with Gasteiger partial charge in [-0.2, -0.15) is 13.2 Å². The second-order valence-electron chi connectivity index (χ2n) is 6.83. The molecule has 34 heavy (non-hydrogen) atoms. The van der Waals surface area contributed by atoms with Crippen LogP contribution < -0.4 is 0 Å². The van der Waals surface area contributed by atoms with Crippen molar-refractivity contribution in [2.75, 3.05) is 12.5 Å². The zero-order chi connectivity index (χ0) is 26.3. The smallest absolute Gasteiger partial charge is 0.485 e. The molecule has 0 radical (unpaired) electrons. The van der Waals surface area contributed by atoms with E-state index in [9.17, 15) is 22.8 Å². The van der Waals surface area contributed by atoms with Crippen LogP contribution in [0.2, 0.25) is 0 Å². The average molecular weight is 519 g/mol. The van der Waals surface area contributed by atoms with Gasteiger partial charge >= 0.3 is 17.4 Å². The van der Waals surface area contributed by atoms with Crippen LogP contribution in [-0.4, -0.2) is 53.1 Å². The fraction of sp³-hybridized carbons (Fsp3) is 0.182. The first-order chi connectivity index (χ1) is 15.6. The fourth-order valence-electron chi connectivity index (χ4n) is 2.54. The quantitative estimate of drug-likeness (QED) is 0.296. The van der Waals surface area contributed by atoms with Gasteiger partial charge in [0.2, 0.25) is 0 Å². The van der Waals surface area contributed by atoms with Crippen LogP contribution in [0.15, 0.2) is 65.6 Å². The highest BCUT2D eigenvalue weighted by atomic mass is 32.2. The fourth-order valence-corrected chi connectivity index (χ4v) is 3.51. The summed E-state index contributed by atoms with van der Waals surface area (Å²) in [6, 6.07) is 19.1.